The fourth-order valence-electron chi connectivity index (χ4n) is 3.06. The first-order valence-corrected chi connectivity index (χ1v) is 11.2. The van der Waals surface area contributed by atoms with Gasteiger partial charge in [-0.2, -0.15) is 0 Å². The van der Waals surface area contributed by atoms with Crippen LogP contribution in [0.15, 0.2) is 36.4 Å². The minimum atomic E-state index is -0.322. The molecule has 0 radical (unpaired) electrons. The summed E-state index contributed by atoms with van der Waals surface area (Å²) in [6, 6.07) is 10.2. The monoisotopic (exact) mass is 506 g/mol. The molecule has 2 rings (SSSR count). The number of hydrogen-bond acceptors (Lipinski definition) is 9. The minimum Gasteiger partial charge on any atom is -0.467 e. The normalized spacial score (nSPS) is 10.6. The molecule has 198 valence electrons. The van der Waals surface area contributed by atoms with Gasteiger partial charge in [0, 0.05) is 58.7 Å². The first-order valence-electron chi connectivity index (χ1n) is 11.2. The number of methoxy groups -OCH3 is 4. The van der Waals surface area contributed by atoms with Gasteiger partial charge in [-0.3, -0.25) is 9.59 Å². The third kappa shape index (κ3) is 10.1. The maximum absolute atomic E-state index is 12.4. The molecule has 11 heteroatoms. The molecule has 0 heterocycles. The van der Waals surface area contributed by atoms with Crippen LogP contribution in [-0.4, -0.2) is 67.2 Å². The fraction of sp³-hybridized carbons (Fsp3) is 0.440. The summed E-state index contributed by atoms with van der Waals surface area (Å²) in [5.41, 5.74) is 1.96. The van der Waals surface area contributed by atoms with Gasteiger partial charge in [-0.15, -0.1) is 0 Å². The van der Waals surface area contributed by atoms with Crippen molar-refractivity contribution < 1.29 is 42.7 Å². The average Bonchev–Trinajstić information content (AvgIpc) is 2.88. The second kappa shape index (κ2) is 16.3. The predicted octanol–water partition coefficient (Wildman–Crippen LogP) is 3.18. The van der Waals surface area contributed by atoms with Crippen LogP contribution in [-0.2, 0) is 35.0 Å². The molecule has 0 aliphatic heterocycles. The Labute approximate surface area is 210 Å². The molecule has 0 aliphatic rings. The van der Waals surface area contributed by atoms with Crippen LogP contribution in [0.2, 0.25) is 0 Å². The Hall–Kier alpha value is -3.38. The summed E-state index contributed by atoms with van der Waals surface area (Å²) in [6.07, 6.45) is 0.601. The summed E-state index contributed by atoms with van der Waals surface area (Å²) in [6.45, 7) is 0.664. The van der Waals surface area contributed by atoms with Crippen molar-refractivity contribution in [2.45, 2.75) is 19.3 Å². The van der Waals surface area contributed by atoms with Crippen LogP contribution in [0.25, 0.3) is 0 Å². The Morgan fingerprint density at radius 1 is 0.639 bits per heavy atom. The fourth-order valence-corrected chi connectivity index (χ4v) is 3.06. The van der Waals surface area contributed by atoms with Crippen molar-refractivity contribution in [2.24, 2.45) is 0 Å². The van der Waals surface area contributed by atoms with Gasteiger partial charge in [-0.25, -0.2) is 0 Å². The van der Waals surface area contributed by atoms with Gasteiger partial charge in [0.25, 0.3) is 0 Å². The molecule has 0 bridgehead atoms. The zero-order valence-corrected chi connectivity index (χ0v) is 21.1. The molecule has 0 spiro atoms. The number of rotatable bonds is 17. The Morgan fingerprint density at radius 2 is 1.14 bits per heavy atom. The standard InChI is InChI=1S/C25H34N2O9/c1-30-12-11-18-13-19(5-7-21(18)34-15-31-2)26-24(28)9-10-25(29)27-20-6-8-22(35-16-32-3)23(14-20)36-17-33-4/h5-8,13-14H,9-12,15-17H2,1-4H3,(H,26,28)(H,27,29). The van der Waals surface area contributed by atoms with Crippen molar-refractivity contribution >= 4 is 23.2 Å². The second-order valence-electron chi connectivity index (χ2n) is 7.48. The van der Waals surface area contributed by atoms with Gasteiger partial charge in [0.05, 0.1) is 6.61 Å². The van der Waals surface area contributed by atoms with E-state index < -0.39 is 0 Å². The molecule has 0 aromatic heterocycles. The lowest BCUT2D eigenvalue weighted by Gasteiger charge is -2.14. The van der Waals surface area contributed by atoms with E-state index in [1.165, 1.54) is 14.2 Å². The third-order valence-electron chi connectivity index (χ3n) is 4.72. The van der Waals surface area contributed by atoms with Crippen LogP contribution in [0.3, 0.4) is 0 Å². The number of hydrogen-bond donors (Lipinski definition) is 2. The van der Waals surface area contributed by atoms with E-state index >= 15 is 0 Å². The van der Waals surface area contributed by atoms with Crippen LogP contribution >= 0.6 is 0 Å². The number of amides is 2. The Balaban J connectivity index is 1.92. The van der Waals surface area contributed by atoms with Crippen LogP contribution in [0.5, 0.6) is 17.2 Å². The van der Waals surface area contributed by atoms with Crippen LogP contribution < -0.4 is 24.8 Å². The molecule has 0 aliphatic carbocycles. The Morgan fingerprint density at radius 3 is 1.69 bits per heavy atom. The second-order valence-corrected chi connectivity index (χ2v) is 7.48. The van der Waals surface area contributed by atoms with Gasteiger partial charge in [0.15, 0.2) is 31.9 Å². The predicted molar refractivity (Wildman–Crippen MR) is 132 cm³/mol. The first kappa shape index (κ1) is 28.9. The van der Waals surface area contributed by atoms with Crippen molar-refractivity contribution in [1.82, 2.24) is 0 Å². The summed E-state index contributed by atoms with van der Waals surface area (Å²) < 4.78 is 36.4. The number of anilines is 2. The molecule has 0 saturated carbocycles. The summed E-state index contributed by atoms with van der Waals surface area (Å²) >= 11 is 0. The highest BCUT2D eigenvalue weighted by Crippen LogP contribution is 2.31. The number of nitrogens with one attached hydrogen (secondary N) is 2. The van der Waals surface area contributed by atoms with Crippen molar-refractivity contribution in [3.05, 3.63) is 42.0 Å². The van der Waals surface area contributed by atoms with Gasteiger partial charge >= 0.3 is 0 Å². The zero-order chi connectivity index (χ0) is 26.2. The molecule has 2 aromatic carbocycles. The summed E-state index contributed by atoms with van der Waals surface area (Å²) in [5.74, 6) is 0.860. The summed E-state index contributed by atoms with van der Waals surface area (Å²) in [5, 5.41) is 5.56. The molecule has 0 unspecified atom stereocenters. The van der Waals surface area contributed by atoms with Gasteiger partial charge in [0.2, 0.25) is 11.8 Å². The van der Waals surface area contributed by atoms with Crippen LogP contribution in [0, 0.1) is 0 Å². The quantitative estimate of drug-likeness (QED) is 0.311. The highest BCUT2D eigenvalue weighted by molar-refractivity contribution is 5.97. The molecule has 0 atom stereocenters. The molecule has 2 aromatic rings. The van der Waals surface area contributed by atoms with E-state index in [4.69, 9.17) is 33.2 Å². The Kier molecular flexibility index (Phi) is 13.1. The van der Waals surface area contributed by atoms with Crippen LogP contribution in [0.1, 0.15) is 18.4 Å². The highest BCUT2D eigenvalue weighted by atomic mass is 16.7. The largest absolute Gasteiger partial charge is 0.467 e. The maximum atomic E-state index is 12.4. The molecule has 0 saturated heterocycles. The molecule has 36 heavy (non-hydrogen) atoms. The number of carbonyl (C=O) groups excluding carboxylic acids is 2. The molecular formula is C25H34N2O9. The van der Waals surface area contributed by atoms with Crippen molar-refractivity contribution in [3.8, 4) is 17.2 Å². The number of ether oxygens (including phenoxy) is 7. The molecular weight excluding hydrogens is 472 g/mol. The van der Waals surface area contributed by atoms with E-state index in [1.54, 1.807) is 44.6 Å². The zero-order valence-electron chi connectivity index (χ0n) is 21.1. The van der Waals surface area contributed by atoms with E-state index in [1.807, 2.05) is 6.07 Å². The topological polar surface area (TPSA) is 123 Å². The average molecular weight is 507 g/mol. The molecule has 0 fully saturated rings. The first-order chi connectivity index (χ1) is 17.5. The van der Waals surface area contributed by atoms with E-state index in [0.717, 1.165) is 5.56 Å². The van der Waals surface area contributed by atoms with E-state index in [9.17, 15) is 9.59 Å². The maximum Gasteiger partial charge on any atom is 0.224 e. The van der Waals surface area contributed by atoms with Crippen molar-refractivity contribution in [2.75, 3.05) is 66.1 Å². The van der Waals surface area contributed by atoms with Gasteiger partial charge in [-0.05, 0) is 42.3 Å². The van der Waals surface area contributed by atoms with Gasteiger partial charge < -0.3 is 43.8 Å². The van der Waals surface area contributed by atoms with Crippen LogP contribution in [0.4, 0.5) is 11.4 Å². The molecule has 2 amide bonds. The summed E-state index contributed by atoms with van der Waals surface area (Å²) in [4.78, 5) is 24.9. The van der Waals surface area contributed by atoms with E-state index in [0.29, 0.717) is 41.7 Å². The molecule has 2 N–H and O–H groups in total. The SMILES string of the molecule is COCCc1cc(NC(=O)CCC(=O)Nc2ccc(OCOC)c(OCOC)c2)ccc1OCOC. The highest BCUT2D eigenvalue weighted by Gasteiger charge is 2.12. The Bertz CT molecular complexity index is 891. The lowest BCUT2D eigenvalue weighted by atomic mass is 10.1. The van der Waals surface area contributed by atoms with E-state index in [2.05, 4.69) is 10.6 Å². The third-order valence-corrected chi connectivity index (χ3v) is 4.72. The number of carbonyl (C=O) groups is 2. The van der Waals surface area contributed by atoms with Crippen molar-refractivity contribution in [1.29, 1.82) is 0 Å². The number of benzene rings is 2. The smallest absolute Gasteiger partial charge is 0.224 e. The lowest BCUT2D eigenvalue weighted by Crippen LogP contribution is -2.17. The lowest BCUT2D eigenvalue weighted by molar-refractivity contribution is -0.121. The van der Waals surface area contributed by atoms with Gasteiger partial charge in [-0.1, -0.05) is 0 Å². The van der Waals surface area contributed by atoms with E-state index in [-0.39, 0.29) is 45.0 Å². The summed E-state index contributed by atoms with van der Waals surface area (Å²) in [7, 11) is 6.16. The minimum absolute atomic E-state index is 0.00320. The van der Waals surface area contributed by atoms with Gasteiger partial charge in [0.1, 0.15) is 5.75 Å². The van der Waals surface area contributed by atoms with Crippen molar-refractivity contribution in [3.63, 3.8) is 0 Å². The molecule has 11 nitrogen and oxygen atoms in total.